The van der Waals surface area contributed by atoms with Crippen LogP contribution in [-0.2, 0) is 4.79 Å². The molecule has 0 unspecified atom stereocenters. The van der Waals surface area contributed by atoms with Gasteiger partial charge in [-0.05, 0) is 30.7 Å². The molecule has 4 rings (SSSR count). The van der Waals surface area contributed by atoms with Crippen molar-refractivity contribution in [2.24, 2.45) is 5.92 Å². The molecule has 2 aromatic carbocycles. The van der Waals surface area contributed by atoms with Crippen molar-refractivity contribution >= 4 is 12.0 Å². The molecule has 1 amide bonds. The van der Waals surface area contributed by atoms with Crippen LogP contribution in [0.2, 0.25) is 0 Å². The molecule has 7 heteroatoms. The predicted octanol–water partition coefficient (Wildman–Crippen LogP) is 4.86. The van der Waals surface area contributed by atoms with E-state index in [1.165, 1.54) is 0 Å². The summed E-state index contributed by atoms with van der Waals surface area (Å²) in [6.45, 7) is 2.65. The van der Waals surface area contributed by atoms with Gasteiger partial charge in [-0.1, -0.05) is 30.3 Å². The quantitative estimate of drug-likeness (QED) is 0.661. The molecule has 2 aliphatic heterocycles. The second kappa shape index (κ2) is 10.1. The molecular weight excluding hydrogens is 417 g/mol. The summed E-state index contributed by atoms with van der Waals surface area (Å²) in [6.07, 6.45) is 6.35. The molecule has 2 heterocycles. The first kappa shape index (κ1) is 22.2. The largest absolute Gasteiger partial charge is 0.484 e. The van der Waals surface area contributed by atoms with E-state index in [-0.39, 0.29) is 11.8 Å². The summed E-state index contributed by atoms with van der Waals surface area (Å²) in [5, 5.41) is 0. The molecule has 170 valence electrons. The van der Waals surface area contributed by atoms with Crippen molar-refractivity contribution in [3.63, 3.8) is 0 Å². The molecule has 2 fully saturated rings. The lowest BCUT2D eigenvalue weighted by Gasteiger charge is -2.37. The zero-order valence-corrected chi connectivity index (χ0v) is 17.9. The zero-order chi connectivity index (χ0) is 22.5. The number of hydrogen-bond donors (Lipinski definition) is 0. The number of likely N-dealkylation sites (tertiary alicyclic amines) is 2. The molecule has 0 aromatic heterocycles. The number of benzene rings is 2. The van der Waals surface area contributed by atoms with Crippen molar-refractivity contribution in [3.8, 4) is 5.75 Å². The summed E-state index contributed by atoms with van der Waals surface area (Å²) in [6, 6.07) is 11.3. The number of hydrogen-bond acceptors (Lipinski definition) is 3. The average molecular weight is 444 g/mol. The number of amides is 1. The van der Waals surface area contributed by atoms with Crippen LogP contribution in [0.4, 0.5) is 13.2 Å². The lowest BCUT2D eigenvalue weighted by atomic mass is 9.94. The Hall–Kier alpha value is -2.96. The van der Waals surface area contributed by atoms with Gasteiger partial charge in [-0.3, -0.25) is 4.79 Å². The molecule has 32 heavy (non-hydrogen) atoms. The number of nitrogens with zero attached hydrogens (tertiary/aromatic N) is 2. The molecule has 0 bridgehead atoms. The molecule has 2 aromatic rings. The van der Waals surface area contributed by atoms with Crippen LogP contribution in [0.25, 0.3) is 6.08 Å². The Morgan fingerprint density at radius 2 is 1.53 bits per heavy atom. The summed E-state index contributed by atoms with van der Waals surface area (Å²) in [4.78, 5) is 17.0. The van der Waals surface area contributed by atoms with Crippen LogP contribution in [-0.4, -0.2) is 48.0 Å². The molecule has 0 spiro atoms. The molecule has 4 nitrogen and oxygen atoms in total. The molecule has 0 saturated carbocycles. The van der Waals surface area contributed by atoms with Crippen molar-refractivity contribution < 1.29 is 22.7 Å². The first-order chi connectivity index (χ1) is 15.5. The highest BCUT2D eigenvalue weighted by molar-refractivity contribution is 5.79. The minimum absolute atomic E-state index is 0.000770. The van der Waals surface area contributed by atoms with Crippen LogP contribution in [0.1, 0.15) is 31.2 Å². The van der Waals surface area contributed by atoms with Crippen LogP contribution in [0, 0.1) is 23.4 Å². The van der Waals surface area contributed by atoms with Crippen molar-refractivity contribution in [1.29, 1.82) is 0 Å². The zero-order valence-electron chi connectivity index (χ0n) is 17.9. The second-order valence-corrected chi connectivity index (χ2v) is 8.38. The first-order valence-corrected chi connectivity index (χ1v) is 11.1. The Balaban J connectivity index is 1.23. The fraction of sp³-hybridized carbons (Fsp3) is 0.400. The minimum Gasteiger partial charge on any atom is -0.484 e. The summed E-state index contributed by atoms with van der Waals surface area (Å²) >= 11 is 0. The normalized spacial score (nSPS) is 18.3. The number of ether oxygens (including phenoxy) is 1. The number of halogens is 3. The molecule has 0 aliphatic carbocycles. The van der Waals surface area contributed by atoms with Crippen LogP contribution >= 0.6 is 0 Å². The van der Waals surface area contributed by atoms with Crippen molar-refractivity contribution in [2.45, 2.75) is 31.8 Å². The van der Waals surface area contributed by atoms with Gasteiger partial charge in [0.2, 0.25) is 5.91 Å². The number of carbonyl (C=O) groups is 1. The van der Waals surface area contributed by atoms with E-state index in [2.05, 4.69) is 29.3 Å². The summed E-state index contributed by atoms with van der Waals surface area (Å²) in [7, 11) is 0. The predicted molar refractivity (Wildman–Crippen MR) is 116 cm³/mol. The van der Waals surface area contributed by atoms with Gasteiger partial charge in [0.1, 0.15) is 11.9 Å². The average Bonchev–Trinajstić information content (AvgIpc) is 2.81. The molecule has 2 aliphatic rings. The topological polar surface area (TPSA) is 32.8 Å². The van der Waals surface area contributed by atoms with Gasteiger partial charge < -0.3 is 14.5 Å². The molecular formula is C25H27F3N2O2. The van der Waals surface area contributed by atoms with E-state index in [1.807, 2.05) is 23.1 Å². The van der Waals surface area contributed by atoms with Crippen LogP contribution in [0.15, 0.2) is 48.7 Å². The highest BCUT2D eigenvalue weighted by Gasteiger charge is 2.31. The highest BCUT2D eigenvalue weighted by Crippen LogP contribution is 2.28. The Morgan fingerprint density at radius 1 is 0.906 bits per heavy atom. The fourth-order valence-corrected chi connectivity index (χ4v) is 4.31. The standard InChI is InChI=1S/C25H27F3N2O2/c26-20-16-22(27)24(23(28)17-20)32-21-9-14-30(15-10-21)25(31)19-7-12-29(13-8-19)11-6-18-4-2-1-3-5-18/h1-6,11,16-17,19,21H,7-10,12-15H2/b11-6+. The van der Waals surface area contributed by atoms with Crippen molar-refractivity contribution in [1.82, 2.24) is 9.80 Å². The Morgan fingerprint density at radius 3 is 2.16 bits per heavy atom. The Bertz CT molecular complexity index is 928. The van der Waals surface area contributed by atoms with E-state index < -0.39 is 29.3 Å². The van der Waals surface area contributed by atoms with E-state index in [0.29, 0.717) is 38.1 Å². The van der Waals surface area contributed by atoms with Gasteiger partial charge in [0.15, 0.2) is 17.4 Å². The van der Waals surface area contributed by atoms with Gasteiger partial charge in [-0.2, -0.15) is 0 Å². The van der Waals surface area contributed by atoms with Gasteiger partial charge in [-0.15, -0.1) is 0 Å². The monoisotopic (exact) mass is 444 g/mol. The lowest BCUT2D eigenvalue weighted by molar-refractivity contribution is -0.138. The van der Waals surface area contributed by atoms with Crippen LogP contribution in [0.3, 0.4) is 0 Å². The van der Waals surface area contributed by atoms with Gasteiger partial charge in [0.25, 0.3) is 0 Å². The highest BCUT2D eigenvalue weighted by atomic mass is 19.1. The summed E-state index contributed by atoms with van der Waals surface area (Å²) < 4.78 is 46.2. The smallest absolute Gasteiger partial charge is 0.225 e. The molecule has 2 saturated heterocycles. The first-order valence-electron chi connectivity index (χ1n) is 11.1. The number of carbonyl (C=O) groups excluding carboxylic acids is 1. The molecule has 0 N–H and O–H groups in total. The van der Waals surface area contributed by atoms with Crippen molar-refractivity contribution in [2.75, 3.05) is 26.2 Å². The Labute approximate surface area is 186 Å². The van der Waals surface area contributed by atoms with Gasteiger partial charge in [-0.25, -0.2) is 13.2 Å². The second-order valence-electron chi connectivity index (χ2n) is 8.38. The van der Waals surface area contributed by atoms with Gasteiger partial charge in [0, 0.05) is 57.1 Å². The van der Waals surface area contributed by atoms with E-state index in [0.717, 1.165) is 31.5 Å². The third-order valence-electron chi connectivity index (χ3n) is 6.16. The van der Waals surface area contributed by atoms with Crippen LogP contribution in [0.5, 0.6) is 5.75 Å². The maximum Gasteiger partial charge on any atom is 0.225 e. The van der Waals surface area contributed by atoms with E-state index in [9.17, 15) is 18.0 Å². The number of rotatable bonds is 5. The maximum atomic E-state index is 13.8. The molecule has 0 atom stereocenters. The van der Waals surface area contributed by atoms with Gasteiger partial charge >= 0.3 is 0 Å². The SMILES string of the molecule is O=C(C1CCN(/C=C/c2ccccc2)CC1)N1CCC(Oc2c(F)cc(F)cc2F)CC1. The Kier molecular flexibility index (Phi) is 7.02. The van der Waals surface area contributed by atoms with E-state index >= 15 is 0 Å². The third kappa shape index (κ3) is 5.44. The van der Waals surface area contributed by atoms with Gasteiger partial charge in [0.05, 0.1) is 0 Å². The number of piperidine rings is 2. The summed E-state index contributed by atoms with van der Waals surface area (Å²) in [5.41, 5.74) is 1.15. The summed E-state index contributed by atoms with van der Waals surface area (Å²) in [5.74, 6) is -3.47. The van der Waals surface area contributed by atoms with Crippen LogP contribution < -0.4 is 4.74 Å². The molecule has 0 radical (unpaired) electrons. The third-order valence-corrected chi connectivity index (χ3v) is 6.16. The minimum atomic E-state index is -1.05. The van der Waals surface area contributed by atoms with Crippen molar-refractivity contribution in [3.05, 3.63) is 71.7 Å². The van der Waals surface area contributed by atoms with E-state index in [1.54, 1.807) is 0 Å². The lowest BCUT2D eigenvalue weighted by Crippen LogP contribution is -2.46. The maximum absolute atomic E-state index is 13.8. The fourth-order valence-electron chi connectivity index (χ4n) is 4.31. The van der Waals surface area contributed by atoms with E-state index in [4.69, 9.17) is 4.74 Å².